The van der Waals surface area contributed by atoms with Crippen molar-refractivity contribution in [2.45, 2.75) is 32.1 Å². The number of nitrogens with one attached hydrogen (secondary N) is 3. The van der Waals surface area contributed by atoms with Gasteiger partial charge in [0.05, 0.1) is 22.6 Å². The third kappa shape index (κ3) is 4.56. The molecule has 1 amide bonds. The van der Waals surface area contributed by atoms with E-state index >= 15 is 0 Å². The molecule has 8 heteroatoms. The number of hydrogen-bond donors (Lipinski definition) is 3. The van der Waals surface area contributed by atoms with Crippen LogP contribution in [0.25, 0.3) is 33.1 Å². The van der Waals surface area contributed by atoms with E-state index < -0.39 is 9.84 Å². The van der Waals surface area contributed by atoms with E-state index in [1.807, 2.05) is 39.2 Å². The third-order valence-corrected chi connectivity index (χ3v) is 7.90. The number of fused-ring (bicyclic) bond motifs is 3. The number of H-pyrrole nitrogens is 1. The molecule has 2 aromatic carbocycles. The highest BCUT2D eigenvalue weighted by Gasteiger charge is 2.19. The van der Waals surface area contributed by atoms with Gasteiger partial charge in [-0.25, -0.2) is 13.4 Å². The molecule has 0 saturated carbocycles. The van der Waals surface area contributed by atoms with E-state index in [2.05, 4.69) is 26.7 Å². The number of aromatic nitrogens is 2. The summed E-state index contributed by atoms with van der Waals surface area (Å²) >= 11 is 0. The van der Waals surface area contributed by atoms with Crippen LogP contribution >= 0.6 is 0 Å². The Labute approximate surface area is 199 Å². The highest BCUT2D eigenvalue weighted by Crippen LogP contribution is 2.38. The molecule has 0 spiro atoms. The van der Waals surface area contributed by atoms with Crippen LogP contribution in [-0.2, 0) is 21.1 Å². The highest BCUT2D eigenvalue weighted by atomic mass is 32.2. The molecule has 0 fully saturated rings. The summed E-state index contributed by atoms with van der Waals surface area (Å²) < 4.78 is 25.1. The number of aryl methyl sites for hydroxylation is 2. The summed E-state index contributed by atoms with van der Waals surface area (Å²) in [7, 11) is -1.52. The zero-order valence-corrected chi connectivity index (χ0v) is 20.8. The predicted molar refractivity (Wildman–Crippen MR) is 137 cm³/mol. The quantitative estimate of drug-likeness (QED) is 0.335. The minimum Gasteiger partial charge on any atom is -0.355 e. The van der Waals surface area contributed by atoms with Crippen LogP contribution < -0.4 is 10.6 Å². The minimum absolute atomic E-state index is 0.0357. The van der Waals surface area contributed by atoms with Crippen molar-refractivity contribution in [3.63, 3.8) is 0 Å². The number of sulfone groups is 1. The lowest BCUT2D eigenvalue weighted by molar-refractivity contribution is -0.120. The van der Waals surface area contributed by atoms with E-state index in [1.54, 1.807) is 25.1 Å². The fraction of sp³-hybridized carbons (Fsp3) is 0.308. The Balaban J connectivity index is 1.94. The van der Waals surface area contributed by atoms with E-state index in [0.717, 1.165) is 49.8 Å². The molecule has 34 heavy (non-hydrogen) atoms. The molecule has 0 unspecified atom stereocenters. The van der Waals surface area contributed by atoms with Gasteiger partial charge in [-0.1, -0.05) is 19.1 Å². The first kappa shape index (κ1) is 23.9. The molecule has 0 aliphatic carbocycles. The molecule has 0 bridgehead atoms. The van der Waals surface area contributed by atoms with Crippen LogP contribution in [0.3, 0.4) is 0 Å². The molecule has 2 heterocycles. The second-order valence-electron chi connectivity index (χ2n) is 8.55. The van der Waals surface area contributed by atoms with Crippen LogP contribution in [0.4, 0.5) is 0 Å². The van der Waals surface area contributed by atoms with Crippen molar-refractivity contribution in [2.75, 3.05) is 25.9 Å². The summed E-state index contributed by atoms with van der Waals surface area (Å²) in [6.45, 7) is 6.89. The molecule has 0 saturated heterocycles. The van der Waals surface area contributed by atoms with Crippen molar-refractivity contribution in [3.05, 3.63) is 59.3 Å². The monoisotopic (exact) mass is 478 g/mol. The van der Waals surface area contributed by atoms with Gasteiger partial charge in [0.1, 0.15) is 5.65 Å². The molecule has 0 aliphatic rings. The Hall–Kier alpha value is -3.23. The number of likely N-dealkylation sites (N-methyl/N-ethyl adjacent to an activating group) is 1. The van der Waals surface area contributed by atoms with E-state index in [0.29, 0.717) is 18.0 Å². The van der Waals surface area contributed by atoms with Crippen molar-refractivity contribution in [2.24, 2.45) is 0 Å². The fourth-order valence-electron chi connectivity index (χ4n) is 4.25. The summed E-state index contributed by atoms with van der Waals surface area (Å²) in [6, 6.07) is 11.1. The number of benzene rings is 2. The summed E-state index contributed by atoms with van der Waals surface area (Å²) in [5, 5.41) is 7.91. The first-order valence-corrected chi connectivity index (χ1v) is 13.1. The number of carbonyl (C=O) groups is 1. The van der Waals surface area contributed by atoms with Crippen LogP contribution in [0, 0.1) is 13.8 Å². The first-order valence-electron chi connectivity index (χ1n) is 11.4. The zero-order valence-electron chi connectivity index (χ0n) is 20.0. The number of nitrogens with zero attached hydrogens (tertiary/aromatic N) is 1. The molecule has 3 N–H and O–H groups in total. The van der Waals surface area contributed by atoms with E-state index in [4.69, 9.17) is 0 Å². The van der Waals surface area contributed by atoms with E-state index in [9.17, 15) is 13.2 Å². The predicted octanol–water partition coefficient (Wildman–Crippen LogP) is 3.67. The third-order valence-electron chi connectivity index (χ3n) is 6.16. The molecule has 4 rings (SSSR count). The van der Waals surface area contributed by atoms with Crippen LogP contribution in [0.15, 0.2) is 47.5 Å². The number of hydrogen-bond acceptors (Lipinski definition) is 5. The standard InChI is InChI=1S/C26H30N4O3S/c1-5-34(32,33)20-8-6-7-18(12-20)21-13-19(14-23(31)28-10-9-27-4)17(3)25-24(21)22-11-16(2)15-29-26(22)30-25/h6-8,11-13,15,27H,5,9-10,14H2,1-4H3,(H,28,31)(H,29,30). The van der Waals surface area contributed by atoms with E-state index in [1.165, 1.54) is 0 Å². The molecule has 0 radical (unpaired) electrons. The summed E-state index contributed by atoms with van der Waals surface area (Å²) in [5.41, 5.74) is 6.24. The van der Waals surface area contributed by atoms with Gasteiger partial charge in [0.25, 0.3) is 0 Å². The molecular formula is C26H30N4O3S. The van der Waals surface area contributed by atoms with Gasteiger partial charge in [-0.05, 0) is 73.0 Å². The Morgan fingerprint density at radius 3 is 2.65 bits per heavy atom. The summed E-state index contributed by atoms with van der Waals surface area (Å²) in [4.78, 5) is 20.9. The Morgan fingerprint density at radius 1 is 1.12 bits per heavy atom. The highest BCUT2D eigenvalue weighted by molar-refractivity contribution is 7.91. The van der Waals surface area contributed by atoms with Crippen LogP contribution in [-0.4, -0.2) is 50.2 Å². The second-order valence-corrected chi connectivity index (χ2v) is 10.8. The molecule has 0 aliphatic heterocycles. The Kier molecular flexibility index (Phi) is 6.72. The normalized spacial score (nSPS) is 11.9. The molecule has 2 aromatic heterocycles. The van der Waals surface area contributed by atoms with Gasteiger partial charge in [-0.3, -0.25) is 4.79 Å². The Bertz CT molecular complexity index is 1490. The van der Waals surface area contributed by atoms with Crippen molar-refractivity contribution in [1.82, 2.24) is 20.6 Å². The van der Waals surface area contributed by atoms with Crippen molar-refractivity contribution in [3.8, 4) is 11.1 Å². The maximum absolute atomic E-state index is 12.6. The van der Waals surface area contributed by atoms with Gasteiger partial charge < -0.3 is 15.6 Å². The fourth-order valence-corrected chi connectivity index (χ4v) is 5.17. The van der Waals surface area contributed by atoms with Gasteiger partial charge in [0.15, 0.2) is 9.84 Å². The number of aromatic amines is 1. The van der Waals surface area contributed by atoms with Crippen LogP contribution in [0.1, 0.15) is 23.6 Å². The molecule has 178 valence electrons. The smallest absolute Gasteiger partial charge is 0.224 e. The summed E-state index contributed by atoms with van der Waals surface area (Å²) in [6.07, 6.45) is 2.05. The van der Waals surface area contributed by atoms with Gasteiger partial charge >= 0.3 is 0 Å². The molecular weight excluding hydrogens is 448 g/mol. The lowest BCUT2D eigenvalue weighted by Gasteiger charge is -2.14. The van der Waals surface area contributed by atoms with Crippen molar-refractivity contribution in [1.29, 1.82) is 0 Å². The largest absolute Gasteiger partial charge is 0.355 e. The number of pyridine rings is 1. The van der Waals surface area contributed by atoms with E-state index in [-0.39, 0.29) is 18.1 Å². The maximum atomic E-state index is 12.6. The van der Waals surface area contributed by atoms with Gasteiger partial charge in [0.2, 0.25) is 5.91 Å². The van der Waals surface area contributed by atoms with Gasteiger partial charge in [0, 0.05) is 30.1 Å². The molecule has 4 aromatic rings. The number of amides is 1. The van der Waals surface area contributed by atoms with Crippen LogP contribution in [0.2, 0.25) is 0 Å². The maximum Gasteiger partial charge on any atom is 0.224 e. The minimum atomic E-state index is -3.36. The Morgan fingerprint density at radius 2 is 1.91 bits per heavy atom. The zero-order chi connectivity index (χ0) is 24.5. The molecule has 0 atom stereocenters. The summed E-state index contributed by atoms with van der Waals surface area (Å²) in [5.74, 6) is -0.0235. The SMILES string of the molecule is CCS(=O)(=O)c1cccc(-c2cc(CC(=O)NCCNC)c(C)c3[nH]c4ncc(C)cc4c23)c1. The second kappa shape index (κ2) is 9.56. The van der Waals surface area contributed by atoms with Gasteiger partial charge in [-0.2, -0.15) is 0 Å². The molecule has 7 nitrogen and oxygen atoms in total. The lowest BCUT2D eigenvalue weighted by atomic mass is 9.92. The average Bonchev–Trinajstić information content (AvgIpc) is 3.20. The average molecular weight is 479 g/mol. The van der Waals surface area contributed by atoms with Crippen LogP contribution in [0.5, 0.6) is 0 Å². The first-order chi connectivity index (χ1) is 16.2. The van der Waals surface area contributed by atoms with Crippen molar-refractivity contribution >= 4 is 37.7 Å². The number of carbonyl (C=O) groups excluding carboxylic acids is 1. The van der Waals surface area contributed by atoms with Crippen molar-refractivity contribution < 1.29 is 13.2 Å². The topological polar surface area (TPSA) is 104 Å². The lowest BCUT2D eigenvalue weighted by Crippen LogP contribution is -2.31. The van der Waals surface area contributed by atoms with Gasteiger partial charge in [-0.15, -0.1) is 0 Å². The number of rotatable bonds is 8.